The van der Waals surface area contributed by atoms with Crippen LogP contribution in [0.15, 0.2) is 30.6 Å². The van der Waals surface area contributed by atoms with Crippen LogP contribution in [0.3, 0.4) is 0 Å². The van der Waals surface area contributed by atoms with Crippen molar-refractivity contribution in [2.24, 2.45) is 0 Å². The third-order valence-corrected chi connectivity index (χ3v) is 3.22. The Morgan fingerprint density at radius 1 is 1.28 bits per heavy atom. The Morgan fingerprint density at radius 3 is 2.83 bits per heavy atom. The zero-order valence-electron chi connectivity index (χ0n) is 11.4. The van der Waals surface area contributed by atoms with Gasteiger partial charge in [-0.25, -0.2) is 4.98 Å². The summed E-state index contributed by atoms with van der Waals surface area (Å²) in [5.41, 5.74) is 4.03. The molecule has 3 nitrogen and oxygen atoms in total. The molecule has 0 fully saturated rings. The third kappa shape index (κ3) is 2.79. The van der Waals surface area contributed by atoms with Gasteiger partial charge in [0.1, 0.15) is 5.82 Å². The van der Waals surface area contributed by atoms with Crippen molar-refractivity contribution in [3.05, 3.63) is 53.1 Å². The highest BCUT2D eigenvalue weighted by Crippen LogP contribution is 2.16. The maximum absolute atomic E-state index is 4.46. The van der Waals surface area contributed by atoms with Gasteiger partial charge >= 0.3 is 0 Å². The molecular weight excluding hydrogens is 222 g/mol. The fraction of sp³-hybridized carbons (Fsp3) is 0.400. The van der Waals surface area contributed by atoms with Crippen molar-refractivity contribution in [2.45, 2.75) is 33.4 Å². The number of aromatic nitrogens is 2. The van der Waals surface area contributed by atoms with E-state index in [1.165, 1.54) is 16.7 Å². The zero-order valence-corrected chi connectivity index (χ0v) is 11.4. The number of hydrogen-bond acceptors (Lipinski definition) is 2. The highest BCUT2D eigenvalue weighted by Gasteiger charge is 2.07. The van der Waals surface area contributed by atoms with Crippen LogP contribution < -0.4 is 5.32 Å². The average molecular weight is 243 g/mol. The molecule has 0 saturated carbocycles. The van der Waals surface area contributed by atoms with E-state index in [0.717, 1.165) is 25.3 Å². The van der Waals surface area contributed by atoms with Crippen LogP contribution in [-0.4, -0.2) is 16.6 Å². The molecule has 3 heteroatoms. The van der Waals surface area contributed by atoms with Crippen molar-refractivity contribution in [1.29, 1.82) is 0 Å². The summed E-state index contributed by atoms with van der Waals surface area (Å²) in [7, 11) is 1.98. The fourth-order valence-corrected chi connectivity index (χ4v) is 2.25. The Morgan fingerprint density at radius 2 is 2.11 bits per heavy atom. The second-order valence-corrected chi connectivity index (χ2v) is 4.61. The van der Waals surface area contributed by atoms with E-state index in [1.54, 1.807) is 0 Å². The van der Waals surface area contributed by atoms with Crippen molar-refractivity contribution in [2.75, 3.05) is 7.05 Å². The molecule has 0 aliphatic heterocycles. The number of hydrogen-bond donors (Lipinski definition) is 1. The van der Waals surface area contributed by atoms with Gasteiger partial charge in [0.15, 0.2) is 0 Å². The van der Waals surface area contributed by atoms with E-state index in [0.29, 0.717) is 0 Å². The van der Waals surface area contributed by atoms with Gasteiger partial charge in [-0.05, 0) is 32.0 Å². The lowest BCUT2D eigenvalue weighted by atomic mass is 10.0. The second kappa shape index (κ2) is 5.83. The standard InChI is InChI=1S/C15H21N3/c1-4-18-8-7-17-15(18)10-14-9-12(2)5-6-13(14)11-16-3/h5-9,16H,4,10-11H2,1-3H3. The van der Waals surface area contributed by atoms with E-state index in [4.69, 9.17) is 0 Å². The number of rotatable bonds is 5. The van der Waals surface area contributed by atoms with Gasteiger partial charge < -0.3 is 9.88 Å². The number of imidazole rings is 1. The molecule has 2 rings (SSSR count). The smallest absolute Gasteiger partial charge is 0.113 e. The number of nitrogens with zero attached hydrogens (tertiary/aromatic N) is 2. The molecule has 0 radical (unpaired) electrons. The van der Waals surface area contributed by atoms with Gasteiger partial charge in [-0.1, -0.05) is 23.8 Å². The summed E-state index contributed by atoms with van der Waals surface area (Å²) in [6.45, 7) is 6.17. The van der Waals surface area contributed by atoms with Gasteiger partial charge in [-0.3, -0.25) is 0 Å². The molecule has 0 amide bonds. The van der Waals surface area contributed by atoms with Crippen molar-refractivity contribution < 1.29 is 0 Å². The summed E-state index contributed by atoms with van der Waals surface area (Å²) in [5.74, 6) is 1.14. The van der Waals surface area contributed by atoms with E-state index < -0.39 is 0 Å². The molecule has 2 aromatic rings. The summed E-state index contributed by atoms with van der Waals surface area (Å²) >= 11 is 0. The van der Waals surface area contributed by atoms with Crippen molar-refractivity contribution in [1.82, 2.24) is 14.9 Å². The van der Waals surface area contributed by atoms with E-state index in [1.807, 2.05) is 19.4 Å². The fourth-order valence-electron chi connectivity index (χ4n) is 2.25. The Bertz CT molecular complexity index is 514. The zero-order chi connectivity index (χ0) is 13.0. The SMILES string of the molecule is CCn1ccnc1Cc1cc(C)ccc1CNC. The molecule has 18 heavy (non-hydrogen) atoms. The molecule has 1 aromatic heterocycles. The molecule has 96 valence electrons. The Labute approximate surface area is 109 Å². The van der Waals surface area contributed by atoms with Crippen LogP contribution in [0.4, 0.5) is 0 Å². The first-order valence-electron chi connectivity index (χ1n) is 6.47. The van der Waals surface area contributed by atoms with Crippen molar-refractivity contribution in [3.8, 4) is 0 Å². The van der Waals surface area contributed by atoms with Crippen LogP contribution in [0.5, 0.6) is 0 Å². The molecule has 1 N–H and O–H groups in total. The summed E-state index contributed by atoms with van der Waals surface area (Å²) in [4.78, 5) is 4.46. The van der Waals surface area contributed by atoms with E-state index >= 15 is 0 Å². The summed E-state index contributed by atoms with van der Waals surface area (Å²) < 4.78 is 2.20. The number of nitrogens with one attached hydrogen (secondary N) is 1. The second-order valence-electron chi connectivity index (χ2n) is 4.61. The quantitative estimate of drug-likeness (QED) is 0.874. The Hall–Kier alpha value is -1.61. The van der Waals surface area contributed by atoms with Gasteiger partial charge in [0, 0.05) is 31.9 Å². The van der Waals surface area contributed by atoms with Crippen LogP contribution in [0, 0.1) is 6.92 Å². The Balaban J connectivity index is 2.29. The minimum absolute atomic E-state index is 0.902. The molecule has 0 spiro atoms. The highest BCUT2D eigenvalue weighted by molar-refractivity contribution is 5.33. The lowest BCUT2D eigenvalue weighted by molar-refractivity contribution is 0.708. The van der Waals surface area contributed by atoms with Crippen LogP contribution in [0.25, 0.3) is 0 Å². The van der Waals surface area contributed by atoms with Crippen molar-refractivity contribution >= 4 is 0 Å². The predicted octanol–water partition coefficient (Wildman–Crippen LogP) is 2.52. The summed E-state index contributed by atoms with van der Waals surface area (Å²) in [6, 6.07) is 6.64. The lowest BCUT2D eigenvalue weighted by Crippen LogP contribution is -2.10. The van der Waals surface area contributed by atoms with Crippen LogP contribution in [-0.2, 0) is 19.5 Å². The number of benzene rings is 1. The van der Waals surface area contributed by atoms with E-state index in [-0.39, 0.29) is 0 Å². The first kappa shape index (κ1) is 12.8. The van der Waals surface area contributed by atoms with Gasteiger partial charge in [0.05, 0.1) is 0 Å². The first-order chi connectivity index (χ1) is 8.74. The highest BCUT2D eigenvalue weighted by atomic mass is 15.0. The van der Waals surface area contributed by atoms with Gasteiger partial charge in [0.2, 0.25) is 0 Å². The van der Waals surface area contributed by atoms with Gasteiger partial charge in [-0.2, -0.15) is 0 Å². The molecule has 0 saturated heterocycles. The van der Waals surface area contributed by atoms with Crippen LogP contribution >= 0.6 is 0 Å². The molecule has 0 bridgehead atoms. The molecule has 0 unspecified atom stereocenters. The normalized spacial score (nSPS) is 10.8. The molecule has 0 aliphatic carbocycles. The van der Waals surface area contributed by atoms with Crippen molar-refractivity contribution in [3.63, 3.8) is 0 Å². The summed E-state index contributed by atoms with van der Waals surface area (Å²) in [6.07, 6.45) is 4.83. The minimum Gasteiger partial charge on any atom is -0.335 e. The molecule has 1 aromatic carbocycles. The van der Waals surface area contributed by atoms with E-state index in [2.05, 4.69) is 46.9 Å². The maximum atomic E-state index is 4.46. The third-order valence-electron chi connectivity index (χ3n) is 3.22. The minimum atomic E-state index is 0.902. The first-order valence-corrected chi connectivity index (χ1v) is 6.47. The number of aryl methyl sites for hydroxylation is 2. The monoisotopic (exact) mass is 243 g/mol. The maximum Gasteiger partial charge on any atom is 0.113 e. The largest absolute Gasteiger partial charge is 0.335 e. The van der Waals surface area contributed by atoms with Crippen LogP contribution in [0.2, 0.25) is 0 Å². The topological polar surface area (TPSA) is 29.9 Å². The average Bonchev–Trinajstić information content (AvgIpc) is 2.80. The molecule has 0 atom stereocenters. The lowest BCUT2D eigenvalue weighted by Gasteiger charge is -2.11. The predicted molar refractivity (Wildman–Crippen MR) is 74.6 cm³/mol. The Kier molecular flexibility index (Phi) is 4.15. The van der Waals surface area contributed by atoms with Crippen LogP contribution in [0.1, 0.15) is 29.4 Å². The molecular formula is C15H21N3. The molecule has 0 aliphatic rings. The molecule has 1 heterocycles. The van der Waals surface area contributed by atoms with Gasteiger partial charge in [0.25, 0.3) is 0 Å². The summed E-state index contributed by atoms with van der Waals surface area (Å²) in [5, 5.41) is 3.22. The van der Waals surface area contributed by atoms with E-state index in [9.17, 15) is 0 Å². The van der Waals surface area contributed by atoms with Gasteiger partial charge in [-0.15, -0.1) is 0 Å².